The molecular weight excluding hydrogens is 272 g/mol. The molecule has 0 unspecified atom stereocenters. The van der Waals surface area contributed by atoms with Crippen molar-refractivity contribution >= 4 is 10.2 Å². The average molecular weight is 296 g/mol. The van der Waals surface area contributed by atoms with Crippen LogP contribution in [0.15, 0.2) is 30.3 Å². The lowest BCUT2D eigenvalue weighted by Crippen LogP contribution is -2.54. The summed E-state index contributed by atoms with van der Waals surface area (Å²) in [5, 5.41) is 0. The molecule has 0 saturated heterocycles. The molecule has 1 fully saturated rings. The van der Waals surface area contributed by atoms with Gasteiger partial charge < -0.3 is 0 Å². The maximum Gasteiger partial charge on any atom is 0.279 e. The summed E-state index contributed by atoms with van der Waals surface area (Å²) in [6, 6.07) is 10.1. The van der Waals surface area contributed by atoms with Gasteiger partial charge in [-0.15, -0.1) is 0 Å². The molecule has 1 saturated carbocycles. The van der Waals surface area contributed by atoms with Gasteiger partial charge in [-0.25, -0.2) is 0 Å². The Balaban J connectivity index is 2.22. The van der Waals surface area contributed by atoms with Gasteiger partial charge in [-0.3, -0.25) is 0 Å². The normalized spacial score (nSPS) is 19.1. The summed E-state index contributed by atoms with van der Waals surface area (Å²) < 4.78 is 28.6. The van der Waals surface area contributed by atoms with Crippen LogP contribution < -0.4 is 4.72 Å². The molecule has 0 spiro atoms. The molecule has 0 aliphatic heterocycles. The summed E-state index contributed by atoms with van der Waals surface area (Å²) >= 11 is 0. The predicted octanol–water partition coefficient (Wildman–Crippen LogP) is 2.33. The number of rotatable bonds is 5. The molecule has 2 rings (SSSR count). The Bertz CT molecular complexity index is 520. The van der Waals surface area contributed by atoms with Crippen LogP contribution >= 0.6 is 0 Å². The summed E-state index contributed by atoms with van der Waals surface area (Å²) in [5.74, 6) is 0. The van der Waals surface area contributed by atoms with E-state index in [1.165, 1.54) is 16.3 Å². The average Bonchev–Trinajstić information content (AvgIpc) is 2.40. The van der Waals surface area contributed by atoms with Crippen molar-refractivity contribution in [3.8, 4) is 0 Å². The number of nitrogens with one attached hydrogen (secondary N) is 1. The lowest BCUT2D eigenvalue weighted by Gasteiger charge is -2.38. The van der Waals surface area contributed by atoms with Gasteiger partial charge in [-0.1, -0.05) is 49.6 Å². The first-order valence-electron chi connectivity index (χ1n) is 7.19. The summed E-state index contributed by atoms with van der Waals surface area (Å²) in [4.78, 5) is 0. The van der Waals surface area contributed by atoms with E-state index in [1.54, 1.807) is 14.1 Å². The van der Waals surface area contributed by atoms with Crippen LogP contribution in [0.2, 0.25) is 0 Å². The third-order valence-corrected chi connectivity index (χ3v) is 5.67. The van der Waals surface area contributed by atoms with Gasteiger partial charge in [-0.05, 0) is 24.8 Å². The number of hydrogen-bond acceptors (Lipinski definition) is 2. The van der Waals surface area contributed by atoms with E-state index in [4.69, 9.17) is 0 Å². The van der Waals surface area contributed by atoms with E-state index in [0.29, 0.717) is 0 Å². The van der Waals surface area contributed by atoms with E-state index in [9.17, 15) is 8.42 Å². The zero-order valence-corrected chi connectivity index (χ0v) is 13.1. The van der Waals surface area contributed by atoms with Crippen LogP contribution in [0.25, 0.3) is 0 Å². The second kappa shape index (κ2) is 6.24. The van der Waals surface area contributed by atoms with Crippen molar-refractivity contribution in [1.82, 2.24) is 9.03 Å². The van der Waals surface area contributed by atoms with Crippen LogP contribution in [0.1, 0.15) is 37.7 Å². The largest absolute Gasteiger partial charge is 0.279 e. The van der Waals surface area contributed by atoms with Crippen molar-refractivity contribution in [3.63, 3.8) is 0 Å². The molecule has 0 heterocycles. The Labute approximate surface area is 122 Å². The quantitative estimate of drug-likeness (QED) is 0.906. The van der Waals surface area contributed by atoms with E-state index in [2.05, 4.69) is 16.9 Å². The van der Waals surface area contributed by atoms with E-state index in [1.807, 2.05) is 18.2 Å². The molecule has 0 radical (unpaired) electrons. The molecule has 20 heavy (non-hydrogen) atoms. The number of nitrogens with zero attached hydrogens (tertiary/aromatic N) is 1. The van der Waals surface area contributed by atoms with E-state index >= 15 is 0 Å². The summed E-state index contributed by atoms with van der Waals surface area (Å²) in [5.41, 5.74) is 0.860. The van der Waals surface area contributed by atoms with Gasteiger partial charge in [0, 0.05) is 19.6 Å². The van der Waals surface area contributed by atoms with Crippen LogP contribution in [0, 0.1) is 0 Å². The first-order valence-corrected chi connectivity index (χ1v) is 8.63. The minimum Gasteiger partial charge on any atom is -0.196 e. The van der Waals surface area contributed by atoms with E-state index < -0.39 is 10.2 Å². The molecule has 1 aliphatic carbocycles. The van der Waals surface area contributed by atoms with Crippen molar-refractivity contribution < 1.29 is 8.42 Å². The smallest absolute Gasteiger partial charge is 0.196 e. The predicted molar refractivity (Wildman–Crippen MR) is 81.7 cm³/mol. The number of benzene rings is 1. The van der Waals surface area contributed by atoms with E-state index in [0.717, 1.165) is 32.1 Å². The fraction of sp³-hybridized carbons (Fsp3) is 0.600. The van der Waals surface area contributed by atoms with Crippen molar-refractivity contribution in [3.05, 3.63) is 35.9 Å². The Kier molecular flexibility index (Phi) is 4.83. The Morgan fingerprint density at radius 3 is 2.25 bits per heavy atom. The highest BCUT2D eigenvalue weighted by Gasteiger charge is 2.36. The van der Waals surface area contributed by atoms with Crippen LogP contribution in [-0.2, 0) is 16.6 Å². The summed E-state index contributed by atoms with van der Waals surface area (Å²) in [6.07, 6.45) is 5.95. The topological polar surface area (TPSA) is 49.4 Å². The summed E-state index contributed by atoms with van der Waals surface area (Å²) in [6.45, 7) is 0. The van der Waals surface area contributed by atoms with Crippen LogP contribution in [-0.4, -0.2) is 32.4 Å². The molecule has 0 bridgehead atoms. The minimum atomic E-state index is -3.39. The van der Waals surface area contributed by atoms with Gasteiger partial charge in [0.1, 0.15) is 0 Å². The van der Waals surface area contributed by atoms with Gasteiger partial charge in [0.15, 0.2) is 0 Å². The maximum absolute atomic E-state index is 12.2. The van der Waals surface area contributed by atoms with Crippen LogP contribution in [0.3, 0.4) is 0 Å². The van der Waals surface area contributed by atoms with Crippen molar-refractivity contribution in [2.24, 2.45) is 0 Å². The third-order valence-electron chi connectivity index (χ3n) is 4.02. The Morgan fingerprint density at radius 1 is 1.10 bits per heavy atom. The van der Waals surface area contributed by atoms with Gasteiger partial charge in [-0.2, -0.15) is 17.4 Å². The minimum absolute atomic E-state index is 0.331. The first kappa shape index (κ1) is 15.5. The molecule has 4 nitrogen and oxygen atoms in total. The fourth-order valence-corrected chi connectivity index (χ4v) is 3.90. The van der Waals surface area contributed by atoms with Crippen molar-refractivity contribution in [2.45, 2.75) is 44.1 Å². The molecule has 1 aromatic carbocycles. The fourth-order valence-electron chi connectivity index (χ4n) is 2.89. The van der Waals surface area contributed by atoms with Gasteiger partial charge in [0.2, 0.25) is 0 Å². The second-order valence-electron chi connectivity index (χ2n) is 5.89. The van der Waals surface area contributed by atoms with Crippen molar-refractivity contribution in [1.29, 1.82) is 0 Å². The highest BCUT2D eigenvalue weighted by molar-refractivity contribution is 7.87. The summed E-state index contributed by atoms with van der Waals surface area (Å²) in [7, 11) is -0.251. The molecule has 1 aromatic rings. The lowest BCUT2D eigenvalue weighted by atomic mass is 9.78. The monoisotopic (exact) mass is 296 g/mol. The molecule has 5 heteroatoms. The highest BCUT2D eigenvalue weighted by Crippen LogP contribution is 2.32. The zero-order valence-electron chi connectivity index (χ0n) is 12.3. The molecule has 1 N–H and O–H groups in total. The molecule has 0 amide bonds. The van der Waals surface area contributed by atoms with Gasteiger partial charge >= 0.3 is 0 Å². The Hall–Kier alpha value is -0.910. The second-order valence-corrected chi connectivity index (χ2v) is 7.78. The molecular formula is C15H24N2O2S. The van der Waals surface area contributed by atoms with E-state index in [-0.39, 0.29) is 5.54 Å². The lowest BCUT2D eigenvalue weighted by molar-refractivity contribution is 0.262. The number of hydrogen-bond donors (Lipinski definition) is 1. The van der Waals surface area contributed by atoms with Crippen LogP contribution in [0.4, 0.5) is 0 Å². The van der Waals surface area contributed by atoms with Gasteiger partial charge in [0.25, 0.3) is 10.2 Å². The molecule has 112 valence electrons. The van der Waals surface area contributed by atoms with Crippen molar-refractivity contribution in [2.75, 3.05) is 14.1 Å². The zero-order chi connectivity index (χ0) is 14.6. The van der Waals surface area contributed by atoms with Gasteiger partial charge in [0.05, 0.1) is 0 Å². The molecule has 0 atom stereocenters. The molecule has 0 aromatic heterocycles. The first-order chi connectivity index (χ1) is 9.44. The third kappa shape index (κ3) is 3.81. The highest BCUT2D eigenvalue weighted by atomic mass is 32.2. The standard InChI is InChI=1S/C15H24N2O2S/c1-17(2)20(18,19)16-15(11-7-4-8-12-15)13-14-9-5-3-6-10-14/h3,5-6,9-10,16H,4,7-8,11-13H2,1-2H3. The Morgan fingerprint density at radius 2 is 1.70 bits per heavy atom. The maximum atomic E-state index is 12.2. The SMILES string of the molecule is CN(C)S(=O)(=O)NC1(Cc2ccccc2)CCCCC1. The molecule has 1 aliphatic rings. The van der Waals surface area contributed by atoms with Crippen LogP contribution in [0.5, 0.6) is 0 Å².